The average Bonchev–Trinajstić information content (AvgIpc) is 2.76. The zero-order valence-corrected chi connectivity index (χ0v) is 17.4. The van der Waals surface area contributed by atoms with E-state index in [1.54, 1.807) is 12.1 Å². The zero-order chi connectivity index (χ0) is 20.5. The first-order valence-electron chi connectivity index (χ1n) is 10.8. The van der Waals surface area contributed by atoms with Crippen LogP contribution in [0.15, 0.2) is 29.3 Å². The fourth-order valence-corrected chi connectivity index (χ4v) is 3.78. The number of rotatable bonds is 7. The Bertz CT molecular complexity index is 663. The highest BCUT2D eigenvalue weighted by atomic mass is 16.5. The van der Waals surface area contributed by atoms with E-state index in [0.29, 0.717) is 18.2 Å². The first-order chi connectivity index (χ1) is 14.2. The number of piperidine rings is 1. The van der Waals surface area contributed by atoms with Gasteiger partial charge in [0.1, 0.15) is 0 Å². The van der Waals surface area contributed by atoms with E-state index in [1.165, 1.54) is 12.8 Å². The van der Waals surface area contributed by atoms with E-state index in [4.69, 9.17) is 20.2 Å². The summed E-state index contributed by atoms with van der Waals surface area (Å²) in [6.45, 7) is 6.94. The highest BCUT2D eigenvalue weighted by Gasteiger charge is 2.23. The van der Waals surface area contributed by atoms with Crippen LogP contribution in [-0.2, 0) is 16.0 Å². The summed E-state index contributed by atoms with van der Waals surface area (Å²) >= 11 is 0. The van der Waals surface area contributed by atoms with Crippen molar-refractivity contribution in [2.24, 2.45) is 10.7 Å². The fraction of sp³-hybridized carbons (Fsp3) is 0.636. The molecule has 3 N–H and O–H groups in total. The number of benzene rings is 1. The van der Waals surface area contributed by atoms with Crippen molar-refractivity contribution in [1.82, 2.24) is 10.2 Å². The molecule has 1 aromatic rings. The smallest absolute Gasteiger partial charge is 0.248 e. The normalized spacial score (nSPS) is 21.2. The molecule has 0 radical (unpaired) electrons. The Balaban J connectivity index is 1.47. The number of primary amides is 1. The second kappa shape index (κ2) is 11.2. The minimum Gasteiger partial charge on any atom is -0.376 e. The molecule has 7 heteroatoms. The molecule has 2 saturated heterocycles. The molecule has 0 saturated carbocycles. The lowest BCUT2D eigenvalue weighted by Crippen LogP contribution is -2.47. The van der Waals surface area contributed by atoms with Crippen LogP contribution in [0.3, 0.4) is 0 Å². The van der Waals surface area contributed by atoms with E-state index < -0.39 is 5.91 Å². The van der Waals surface area contributed by atoms with Crippen LogP contribution in [0.2, 0.25) is 0 Å². The summed E-state index contributed by atoms with van der Waals surface area (Å²) in [5.41, 5.74) is 6.87. The van der Waals surface area contributed by atoms with Gasteiger partial charge in [-0.05, 0) is 56.7 Å². The van der Waals surface area contributed by atoms with Crippen molar-refractivity contribution in [1.29, 1.82) is 0 Å². The van der Waals surface area contributed by atoms with E-state index in [2.05, 4.69) is 17.1 Å². The molecule has 3 rings (SSSR count). The predicted octanol–water partition coefficient (Wildman–Crippen LogP) is 2.30. The molecule has 0 spiro atoms. The molecule has 1 amide bonds. The highest BCUT2D eigenvalue weighted by molar-refractivity contribution is 5.92. The number of nitrogens with zero attached hydrogens (tertiary/aromatic N) is 2. The molecular formula is C22H34N4O3. The van der Waals surface area contributed by atoms with E-state index >= 15 is 0 Å². The summed E-state index contributed by atoms with van der Waals surface area (Å²) in [6, 6.07) is 7.30. The van der Waals surface area contributed by atoms with Crippen molar-refractivity contribution in [2.45, 2.75) is 57.8 Å². The topological polar surface area (TPSA) is 89.2 Å². The monoisotopic (exact) mass is 402 g/mol. The molecule has 2 aliphatic heterocycles. The van der Waals surface area contributed by atoms with Gasteiger partial charge in [-0.15, -0.1) is 0 Å². The van der Waals surface area contributed by atoms with Crippen LogP contribution in [0.1, 0.15) is 54.9 Å². The quantitative estimate of drug-likeness (QED) is 0.540. The molecule has 1 unspecified atom stereocenters. The van der Waals surface area contributed by atoms with Crippen molar-refractivity contribution in [3.05, 3.63) is 35.4 Å². The standard InChI is InChI=1S/C22H34N4O3/c1-2-24-22(25-15-17-6-8-18(9-7-17)21(23)27)26-12-10-19(11-13-26)29-16-20-5-3-4-14-28-20/h6-9,19-20H,2-5,10-16H2,1H3,(H2,23,27)(H,24,25). The van der Waals surface area contributed by atoms with Crippen LogP contribution in [0, 0.1) is 0 Å². The van der Waals surface area contributed by atoms with E-state index in [-0.39, 0.29) is 6.10 Å². The van der Waals surface area contributed by atoms with Crippen LogP contribution >= 0.6 is 0 Å². The third kappa shape index (κ3) is 6.72. The van der Waals surface area contributed by atoms with Gasteiger partial charge >= 0.3 is 0 Å². The SMILES string of the molecule is CCNC(=NCc1ccc(C(N)=O)cc1)N1CCC(OCC2CCCCO2)CC1. The number of carbonyl (C=O) groups excluding carboxylic acids is 1. The molecule has 2 fully saturated rings. The van der Waals surface area contributed by atoms with Crippen LogP contribution in [0.5, 0.6) is 0 Å². The Labute approximate surface area is 173 Å². The van der Waals surface area contributed by atoms with Gasteiger partial charge in [-0.25, -0.2) is 4.99 Å². The molecule has 1 aromatic carbocycles. The van der Waals surface area contributed by atoms with Crippen LogP contribution in [-0.4, -0.2) is 61.8 Å². The predicted molar refractivity (Wildman–Crippen MR) is 114 cm³/mol. The van der Waals surface area contributed by atoms with Crippen LogP contribution < -0.4 is 11.1 Å². The molecule has 29 heavy (non-hydrogen) atoms. The minimum atomic E-state index is -0.409. The third-order valence-corrected chi connectivity index (χ3v) is 5.52. The Hall–Kier alpha value is -2.12. The number of aliphatic imine (C=N–C) groups is 1. The number of nitrogens with two attached hydrogens (primary N) is 1. The van der Waals surface area contributed by atoms with E-state index in [9.17, 15) is 4.79 Å². The Kier molecular flexibility index (Phi) is 8.31. The maximum absolute atomic E-state index is 11.2. The average molecular weight is 403 g/mol. The van der Waals surface area contributed by atoms with Gasteiger partial charge in [0.2, 0.25) is 5.91 Å². The number of hydrogen-bond donors (Lipinski definition) is 2. The summed E-state index contributed by atoms with van der Waals surface area (Å²) in [6.07, 6.45) is 6.14. The van der Waals surface area contributed by atoms with Gasteiger partial charge in [-0.1, -0.05) is 12.1 Å². The van der Waals surface area contributed by atoms with Gasteiger partial charge in [0.25, 0.3) is 0 Å². The lowest BCUT2D eigenvalue weighted by Gasteiger charge is -2.35. The number of hydrogen-bond acceptors (Lipinski definition) is 4. The molecule has 160 valence electrons. The molecule has 1 atom stereocenters. The van der Waals surface area contributed by atoms with Gasteiger partial charge in [0.05, 0.1) is 25.4 Å². The summed E-state index contributed by atoms with van der Waals surface area (Å²) in [7, 11) is 0. The molecule has 0 bridgehead atoms. The second-order valence-electron chi connectivity index (χ2n) is 7.74. The van der Waals surface area contributed by atoms with Crippen molar-refractivity contribution in [2.75, 3.05) is 32.8 Å². The van der Waals surface area contributed by atoms with E-state index in [1.807, 2.05) is 12.1 Å². The summed E-state index contributed by atoms with van der Waals surface area (Å²) in [4.78, 5) is 18.3. The van der Waals surface area contributed by atoms with Gasteiger partial charge in [0, 0.05) is 31.8 Å². The summed E-state index contributed by atoms with van der Waals surface area (Å²) < 4.78 is 11.9. The zero-order valence-electron chi connectivity index (χ0n) is 17.4. The van der Waals surface area contributed by atoms with E-state index in [0.717, 1.165) is 63.6 Å². The number of guanidine groups is 1. The van der Waals surface area contributed by atoms with Crippen molar-refractivity contribution in [3.63, 3.8) is 0 Å². The maximum atomic E-state index is 11.2. The summed E-state index contributed by atoms with van der Waals surface area (Å²) in [5, 5.41) is 3.39. The van der Waals surface area contributed by atoms with Crippen molar-refractivity contribution in [3.8, 4) is 0 Å². The van der Waals surface area contributed by atoms with Crippen molar-refractivity contribution >= 4 is 11.9 Å². The summed E-state index contributed by atoms with van der Waals surface area (Å²) in [5.74, 6) is 0.522. The number of ether oxygens (including phenoxy) is 2. The molecular weight excluding hydrogens is 368 g/mol. The van der Waals surface area contributed by atoms with Crippen molar-refractivity contribution < 1.29 is 14.3 Å². The molecule has 2 aliphatic rings. The molecule has 0 aromatic heterocycles. The fourth-order valence-electron chi connectivity index (χ4n) is 3.78. The maximum Gasteiger partial charge on any atom is 0.248 e. The Morgan fingerprint density at radius 2 is 2.00 bits per heavy atom. The second-order valence-corrected chi connectivity index (χ2v) is 7.74. The Morgan fingerprint density at radius 1 is 1.24 bits per heavy atom. The number of amides is 1. The molecule has 0 aliphatic carbocycles. The number of likely N-dealkylation sites (tertiary alicyclic amines) is 1. The number of nitrogens with one attached hydrogen (secondary N) is 1. The van der Waals surface area contributed by atoms with Gasteiger partial charge in [-0.2, -0.15) is 0 Å². The minimum absolute atomic E-state index is 0.279. The van der Waals surface area contributed by atoms with Crippen LogP contribution in [0.4, 0.5) is 0 Å². The third-order valence-electron chi connectivity index (χ3n) is 5.52. The molecule has 7 nitrogen and oxygen atoms in total. The number of carbonyl (C=O) groups is 1. The van der Waals surface area contributed by atoms with Gasteiger partial charge < -0.3 is 25.4 Å². The first kappa shape index (κ1) is 21.6. The lowest BCUT2D eigenvalue weighted by atomic mass is 10.1. The van der Waals surface area contributed by atoms with Gasteiger partial charge in [0.15, 0.2) is 5.96 Å². The molecule has 2 heterocycles. The van der Waals surface area contributed by atoms with Gasteiger partial charge in [-0.3, -0.25) is 4.79 Å². The first-order valence-corrected chi connectivity index (χ1v) is 10.8. The largest absolute Gasteiger partial charge is 0.376 e. The van der Waals surface area contributed by atoms with Crippen LogP contribution in [0.25, 0.3) is 0 Å². The Morgan fingerprint density at radius 3 is 2.62 bits per heavy atom. The lowest BCUT2D eigenvalue weighted by molar-refractivity contribution is -0.0721. The highest BCUT2D eigenvalue weighted by Crippen LogP contribution is 2.18.